The molecule has 2 N–H and O–H groups in total. The molecule has 0 spiro atoms. The molecule has 0 saturated heterocycles. The Labute approximate surface area is 153 Å². The van der Waals surface area contributed by atoms with Gasteiger partial charge < -0.3 is 10.1 Å². The smallest absolute Gasteiger partial charge is 0.244 e. The number of aromatic nitrogens is 1. The standard InChI is InChI=1S/C20H22N2O3S/c1-13(2)22-18(12-14-6-5-8-17-15(14)10-11-21-17)20(23)16-7-3-4-9-19(16)26(22,24)25/h3-11,13,18,20-21,23H,12H2,1-2H3. The lowest BCUT2D eigenvalue weighted by molar-refractivity contribution is 0.0687. The van der Waals surface area contributed by atoms with Crippen molar-refractivity contribution in [3.63, 3.8) is 0 Å². The van der Waals surface area contributed by atoms with Gasteiger partial charge in [0.2, 0.25) is 10.0 Å². The van der Waals surface area contributed by atoms with E-state index in [4.69, 9.17) is 0 Å². The van der Waals surface area contributed by atoms with Crippen LogP contribution in [0.4, 0.5) is 0 Å². The van der Waals surface area contributed by atoms with Gasteiger partial charge >= 0.3 is 0 Å². The first-order valence-corrected chi connectivity index (χ1v) is 10.2. The normalized spacial score (nSPS) is 22.6. The lowest BCUT2D eigenvalue weighted by Gasteiger charge is -2.41. The van der Waals surface area contributed by atoms with Crippen LogP contribution in [0.3, 0.4) is 0 Å². The molecule has 2 heterocycles. The molecule has 1 aromatic heterocycles. The van der Waals surface area contributed by atoms with Crippen molar-refractivity contribution in [2.24, 2.45) is 0 Å². The van der Waals surface area contributed by atoms with Gasteiger partial charge in [0.25, 0.3) is 0 Å². The van der Waals surface area contributed by atoms with Gasteiger partial charge in [0.15, 0.2) is 0 Å². The summed E-state index contributed by atoms with van der Waals surface area (Å²) in [5.41, 5.74) is 2.51. The Kier molecular flexibility index (Phi) is 4.14. The topological polar surface area (TPSA) is 73.4 Å². The molecule has 0 fully saturated rings. The number of rotatable bonds is 3. The number of hydrogen-bond acceptors (Lipinski definition) is 3. The SMILES string of the molecule is CC(C)N1C(Cc2cccc3[nH]ccc23)C(O)c2ccccc2S1(=O)=O. The summed E-state index contributed by atoms with van der Waals surface area (Å²) < 4.78 is 27.9. The predicted molar refractivity (Wildman–Crippen MR) is 101 cm³/mol. The van der Waals surface area contributed by atoms with E-state index in [0.29, 0.717) is 12.0 Å². The summed E-state index contributed by atoms with van der Waals surface area (Å²) in [6.45, 7) is 3.70. The fourth-order valence-corrected chi connectivity index (χ4v) is 6.08. The zero-order chi connectivity index (χ0) is 18.5. The van der Waals surface area contributed by atoms with Crippen molar-refractivity contribution >= 4 is 20.9 Å². The highest BCUT2D eigenvalue weighted by Crippen LogP contribution is 2.39. The van der Waals surface area contributed by atoms with E-state index in [2.05, 4.69) is 4.98 Å². The molecule has 4 rings (SSSR count). The number of aliphatic hydroxyl groups excluding tert-OH is 1. The van der Waals surface area contributed by atoms with E-state index in [9.17, 15) is 13.5 Å². The second-order valence-corrected chi connectivity index (χ2v) is 8.85. The van der Waals surface area contributed by atoms with E-state index in [-0.39, 0.29) is 10.9 Å². The lowest BCUT2D eigenvalue weighted by Crippen LogP contribution is -2.52. The molecule has 26 heavy (non-hydrogen) atoms. The minimum absolute atomic E-state index is 0.206. The number of nitrogens with zero attached hydrogens (tertiary/aromatic N) is 1. The summed E-state index contributed by atoms with van der Waals surface area (Å²) in [5, 5.41) is 12.1. The maximum atomic E-state index is 13.2. The predicted octanol–water partition coefficient (Wildman–Crippen LogP) is 3.23. The number of hydrogen-bond donors (Lipinski definition) is 2. The van der Waals surface area contributed by atoms with Crippen LogP contribution < -0.4 is 0 Å². The Morgan fingerprint density at radius 1 is 1.12 bits per heavy atom. The molecule has 2 atom stereocenters. The van der Waals surface area contributed by atoms with Crippen LogP contribution in [-0.2, 0) is 16.4 Å². The van der Waals surface area contributed by atoms with Gasteiger partial charge in [-0.15, -0.1) is 0 Å². The van der Waals surface area contributed by atoms with Crippen molar-refractivity contribution in [3.05, 3.63) is 65.9 Å². The molecule has 0 bridgehead atoms. The third kappa shape index (κ3) is 2.57. The maximum Gasteiger partial charge on any atom is 0.244 e. The highest BCUT2D eigenvalue weighted by atomic mass is 32.2. The van der Waals surface area contributed by atoms with E-state index in [0.717, 1.165) is 16.5 Å². The highest BCUT2D eigenvalue weighted by Gasteiger charge is 2.44. The summed E-state index contributed by atoms with van der Waals surface area (Å²) >= 11 is 0. The first kappa shape index (κ1) is 17.3. The van der Waals surface area contributed by atoms with Gasteiger partial charge in [0.1, 0.15) is 0 Å². The van der Waals surface area contributed by atoms with Crippen LogP contribution in [0, 0.1) is 0 Å². The van der Waals surface area contributed by atoms with Crippen molar-refractivity contribution in [2.75, 3.05) is 0 Å². The number of sulfonamides is 1. The second kappa shape index (κ2) is 6.23. The number of benzene rings is 2. The maximum absolute atomic E-state index is 13.2. The van der Waals surface area contributed by atoms with Gasteiger partial charge in [-0.05, 0) is 44.0 Å². The van der Waals surface area contributed by atoms with Crippen LogP contribution in [0.1, 0.15) is 31.1 Å². The molecule has 0 radical (unpaired) electrons. The molecular formula is C20H22N2O3S. The third-order valence-corrected chi connectivity index (χ3v) is 7.28. The quantitative estimate of drug-likeness (QED) is 0.743. The Hall–Kier alpha value is -2.15. The molecule has 136 valence electrons. The van der Waals surface area contributed by atoms with Crippen molar-refractivity contribution in [2.45, 2.75) is 43.4 Å². The third-order valence-electron chi connectivity index (χ3n) is 5.11. The summed E-state index contributed by atoms with van der Waals surface area (Å²) in [6.07, 6.45) is 1.45. The van der Waals surface area contributed by atoms with Gasteiger partial charge in [-0.1, -0.05) is 30.3 Å². The van der Waals surface area contributed by atoms with Crippen LogP contribution >= 0.6 is 0 Å². The number of aliphatic hydroxyl groups is 1. The molecule has 0 saturated carbocycles. The Bertz CT molecular complexity index is 1060. The van der Waals surface area contributed by atoms with E-state index >= 15 is 0 Å². The molecule has 2 unspecified atom stereocenters. The van der Waals surface area contributed by atoms with Crippen molar-refractivity contribution in [1.29, 1.82) is 0 Å². The largest absolute Gasteiger partial charge is 0.387 e. The van der Waals surface area contributed by atoms with E-state index < -0.39 is 22.2 Å². The van der Waals surface area contributed by atoms with Crippen molar-refractivity contribution in [1.82, 2.24) is 9.29 Å². The van der Waals surface area contributed by atoms with Gasteiger partial charge in [-0.2, -0.15) is 4.31 Å². The minimum Gasteiger partial charge on any atom is -0.387 e. The fourth-order valence-electron chi connectivity index (χ4n) is 4.01. The van der Waals surface area contributed by atoms with E-state index in [1.165, 1.54) is 4.31 Å². The summed E-state index contributed by atoms with van der Waals surface area (Å²) in [5.74, 6) is 0. The molecule has 0 amide bonds. The molecule has 3 aromatic rings. The van der Waals surface area contributed by atoms with Gasteiger partial charge in [0.05, 0.1) is 17.0 Å². The van der Waals surface area contributed by atoms with Crippen LogP contribution in [0.5, 0.6) is 0 Å². The summed E-state index contributed by atoms with van der Waals surface area (Å²) in [6, 6.07) is 13.9. The Balaban J connectivity index is 1.85. The van der Waals surface area contributed by atoms with Gasteiger partial charge in [0, 0.05) is 28.7 Å². The number of H-pyrrole nitrogens is 1. The zero-order valence-corrected chi connectivity index (χ0v) is 15.6. The van der Waals surface area contributed by atoms with Crippen LogP contribution in [0.15, 0.2) is 59.6 Å². The van der Waals surface area contributed by atoms with Crippen LogP contribution in [0.2, 0.25) is 0 Å². The molecule has 5 nitrogen and oxygen atoms in total. The second-order valence-electron chi connectivity index (χ2n) is 7.04. The average Bonchev–Trinajstić information content (AvgIpc) is 3.09. The van der Waals surface area contributed by atoms with Gasteiger partial charge in [-0.25, -0.2) is 8.42 Å². The van der Waals surface area contributed by atoms with Crippen molar-refractivity contribution in [3.8, 4) is 0 Å². The van der Waals surface area contributed by atoms with E-state index in [1.54, 1.807) is 24.3 Å². The molecule has 1 aliphatic heterocycles. The van der Waals surface area contributed by atoms with Crippen molar-refractivity contribution < 1.29 is 13.5 Å². The number of fused-ring (bicyclic) bond motifs is 2. The first-order valence-electron chi connectivity index (χ1n) is 8.77. The molecule has 6 heteroatoms. The molecule has 2 aromatic carbocycles. The minimum atomic E-state index is -3.66. The first-order chi connectivity index (χ1) is 12.4. The molecule has 0 aliphatic carbocycles. The number of nitrogens with one attached hydrogen (secondary N) is 1. The Morgan fingerprint density at radius 3 is 2.65 bits per heavy atom. The number of aromatic amines is 1. The van der Waals surface area contributed by atoms with Crippen LogP contribution in [-0.4, -0.2) is 34.9 Å². The molecule has 1 aliphatic rings. The monoisotopic (exact) mass is 370 g/mol. The van der Waals surface area contributed by atoms with Gasteiger partial charge in [-0.3, -0.25) is 0 Å². The fraction of sp³-hybridized carbons (Fsp3) is 0.300. The highest BCUT2D eigenvalue weighted by molar-refractivity contribution is 7.89. The molecular weight excluding hydrogens is 348 g/mol. The van der Waals surface area contributed by atoms with Crippen LogP contribution in [0.25, 0.3) is 10.9 Å². The van der Waals surface area contributed by atoms with E-state index in [1.807, 2.05) is 44.3 Å². The summed E-state index contributed by atoms with van der Waals surface area (Å²) in [7, 11) is -3.66. The lowest BCUT2D eigenvalue weighted by atomic mass is 9.93. The average molecular weight is 370 g/mol. The summed E-state index contributed by atoms with van der Waals surface area (Å²) in [4.78, 5) is 3.39. The zero-order valence-electron chi connectivity index (χ0n) is 14.8. The Morgan fingerprint density at radius 2 is 1.88 bits per heavy atom.